The first-order valence-corrected chi connectivity index (χ1v) is 7.07. The first-order chi connectivity index (χ1) is 10.0. The van der Waals surface area contributed by atoms with E-state index in [-0.39, 0.29) is 17.8 Å². The highest BCUT2D eigenvalue weighted by atomic mass is 16.5. The Morgan fingerprint density at radius 2 is 2.00 bits per heavy atom. The van der Waals surface area contributed by atoms with Gasteiger partial charge in [-0.1, -0.05) is 0 Å². The number of hydrogen-bond acceptors (Lipinski definition) is 4. The molecule has 21 heavy (non-hydrogen) atoms. The van der Waals surface area contributed by atoms with E-state index in [1.54, 1.807) is 6.07 Å². The molecular weight excluding hydrogens is 268 g/mol. The monoisotopic (exact) mass is 286 g/mol. The Morgan fingerprint density at radius 3 is 2.67 bits per heavy atom. The molecule has 1 aromatic heterocycles. The molecule has 0 spiro atoms. The maximum atomic E-state index is 11.3. The highest BCUT2D eigenvalue weighted by Crippen LogP contribution is 2.26. The van der Waals surface area contributed by atoms with Gasteiger partial charge in [0.15, 0.2) is 0 Å². The van der Waals surface area contributed by atoms with E-state index in [4.69, 9.17) is 4.74 Å². The van der Waals surface area contributed by atoms with Crippen molar-refractivity contribution in [3.8, 4) is 0 Å². The Hall–Kier alpha value is -2.14. The summed E-state index contributed by atoms with van der Waals surface area (Å²) in [6, 6.07) is 7.32. The zero-order valence-corrected chi connectivity index (χ0v) is 12.1. The van der Waals surface area contributed by atoms with Crippen molar-refractivity contribution in [1.29, 1.82) is 0 Å². The second kappa shape index (κ2) is 5.33. The fourth-order valence-corrected chi connectivity index (χ4v) is 2.91. The van der Waals surface area contributed by atoms with Gasteiger partial charge in [0, 0.05) is 30.4 Å². The molecule has 1 aromatic carbocycles. The first-order valence-electron chi connectivity index (χ1n) is 7.07. The number of rotatable bonds is 2. The molecule has 5 heteroatoms. The number of ether oxygens (including phenoxy) is 1. The van der Waals surface area contributed by atoms with Crippen molar-refractivity contribution in [3.63, 3.8) is 0 Å². The molecule has 0 aliphatic carbocycles. The van der Waals surface area contributed by atoms with Gasteiger partial charge in [0.1, 0.15) is 0 Å². The lowest BCUT2D eigenvalue weighted by molar-refractivity contribution is -0.00521. The summed E-state index contributed by atoms with van der Waals surface area (Å²) < 4.78 is 5.74. The largest absolute Gasteiger partial charge is 0.478 e. The molecule has 1 fully saturated rings. The summed E-state index contributed by atoms with van der Waals surface area (Å²) in [6.45, 7) is 5.71. The van der Waals surface area contributed by atoms with Crippen LogP contribution in [0, 0.1) is 0 Å². The van der Waals surface area contributed by atoms with Crippen molar-refractivity contribution in [3.05, 3.63) is 36.0 Å². The molecule has 0 bridgehead atoms. The normalized spacial score (nSPS) is 22.5. The van der Waals surface area contributed by atoms with E-state index < -0.39 is 5.97 Å². The smallest absolute Gasteiger partial charge is 0.336 e. The van der Waals surface area contributed by atoms with Gasteiger partial charge in [-0.05, 0) is 38.1 Å². The molecule has 1 N–H and O–H groups in total. The van der Waals surface area contributed by atoms with Crippen LogP contribution >= 0.6 is 0 Å². The SMILES string of the molecule is C[C@H]1CN(c2ccc3nccc(C(=O)O)c3c2)C[C@H](C)O1. The third-order valence-electron chi connectivity index (χ3n) is 3.74. The summed E-state index contributed by atoms with van der Waals surface area (Å²) in [5.74, 6) is -0.928. The molecular formula is C16H18N2O3. The summed E-state index contributed by atoms with van der Waals surface area (Å²) in [5.41, 5.74) is 2.00. The van der Waals surface area contributed by atoms with Crippen LogP contribution in [0.2, 0.25) is 0 Å². The zero-order chi connectivity index (χ0) is 15.0. The van der Waals surface area contributed by atoms with E-state index in [0.717, 1.165) is 18.8 Å². The average molecular weight is 286 g/mol. The number of anilines is 1. The van der Waals surface area contributed by atoms with Gasteiger partial charge in [0.2, 0.25) is 0 Å². The Balaban J connectivity index is 2.04. The maximum Gasteiger partial charge on any atom is 0.336 e. The number of carboxylic acid groups (broad SMARTS) is 1. The van der Waals surface area contributed by atoms with Crippen molar-refractivity contribution in [2.75, 3.05) is 18.0 Å². The van der Waals surface area contributed by atoms with Gasteiger partial charge in [0.05, 0.1) is 23.3 Å². The van der Waals surface area contributed by atoms with Crippen LogP contribution in [0.15, 0.2) is 30.5 Å². The molecule has 0 amide bonds. The van der Waals surface area contributed by atoms with Crippen LogP contribution < -0.4 is 4.90 Å². The average Bonchev–Trinajstić information content (AvgIpc) is 2.44. The molecule has 0 radical (unpaired) electrons. The fourth-order valence-electron chi connectivity index (χ4n) is 2.91. The maximum absolute atomic E-state index is 11.3. The number of morpholine rings is 1. The predicted molar refractivity (Wildman–Crippen MR) is 80.9 cm³/mol. The molecule has 5 nitrogen and oxygen atoms in total. The predicted octanol–water partition coefficient (Wildman–Crippen LogP) is 2.55. The van der Waals surface area contributed by atoms with Gasteiger partial charge in [-0.15, -0.1) is 0 Å². The van der Waals surface area contributed by atoms with Crippen LogP contribution in [0.3, 0.4) is 0 Å². The molecule has 1 aliphatic rings. The summed E-state index contributed by atoms with van der Waals surface area (Å²) in [4.78, 5) is 17.8. The second-order valence-corrected chi connectivity index (χ2v) is 5.53. The van der Waals surface area contributed by atoms with Gasteiger partial charge >= 0.3 is 5.97 Å². The van der Waals surface area contributed by atoms with E-state index in [1.807, 2.05) is 32.0 Å². The first kappa shape index (κ1) is 13.8. The van der Waals surface area contributed by atoms with Gasteiger partial charge in [-0.2, -0.15) is 0 Å². The number of hydrogen-bond donors (Lipinski definition) is 1. The minimum absolute atomic E-state index is 0.164. The summed E-state index contributed by atoms with van der Waals surface area (Å²) >= 11 is 0. The Bertz CT molecular complexity index is 676. The minimum atomic E-state index is -0.928. The highest BCUT2D eigenvalue weighted by molar-refractivity contribution is 6.03. The number of aromatic carboxylic acids is 1. The Labute approximate surface area is 123 Å². The third-order valence-corrected chi connectivity index (χ3v) is 3.74. The van der Waals surface area contributed by atoms with E-state index in [2.05, 4.69) is 9.88 Å². The molecule has 3 rings (SSSR count). The van der Waals surface area contributed by atoms with Gasteiger partial charge in [-0.25, -0.2) is 4.79 Å². The van der Waals surface area contributed by atoms with Crippen LogP contribution in [0.4, 0.5) is 5.69 Å². The van der Waals surface area contributed by atoms with Crippen LogP contribution in [0.5, 0.6) is 0 Å². The summed E-state index contributed by atoms with van der Waals surface area (Å²) in [6.07, 6.45) is 1.86. The van der Waals surface area contributed by atoms with Crippen LogP contribution in [0.1, 0.15) is 24.2 Å². The van der Waals surface area contributed by atoms with Crippen LogP contribution in [-0.2, 0) is 4.74 Å². The highest BCUT2D eigenvalue weighted by Gasteiger charge is 2.23. The molecule has 0 saturated carbocycles. The lowest BCUT2D eigenvalue weighted by Gasteiger charge is -2.37. The van der Waals surface area contributed by atoms with Crippen molar-refractivity contribution in [1.82, 2.24) is 4.98 Å². The number of nitrogens with zero attached hydrogens (tertiary/aromatic N) is 2. The number of aromatic nitrogens is 1. The lowest BCUT2D eigenvalue weighted by Crippen LogP contribution is -2.45. The molecule has 1 saturated heterocycles. The number of carbonyl (C=O) groups is 1. The fraction of sp³-hybridized carbons (Fsp3) is 0.375. The van der Waals surface area contributed by atoms with Gasteiger partial charge in [-0.3, -0.25) is 4.98 Å². The zero-order valence-electron chi connectivity index (χ0n) is 12.1. The van der Waals surface area contributed by atoms with Crippen LogP contribution in [0.25, 0.3) is 10.9 Å². The topological polar surface area (TPSA) is 62.7 Å². The van der Waals surface area contributed by atoms with E-state index >= 15 is 0 Å². The Morgan fingerprint density at radius 1 is 1.29 bits per heavy atom. The molecule has 1 aliphatic heterocycles. The second-order valence-electron chi connectivity index (χ2n) is 5.53. The van der Waals surface area contributed by atoms with E-state index in [0.29, 0.717) is 10.9 Å². The van der Waals surface area contributed by atoms with E-state index in [9.17, 15) is 9.90 Å². The quantitative estimate of drug-likeness (QED) is 0.919. The number of pyridine rings is 1. The number of carboxylic acids is 1. The summed E-state index contributed by atoms with van der Waals surface area (Å²) in [7, 11) is 0. The molecule has 2 aromatic rings. The molecule has 110 valence electrons. The van der Waals surface area contributed by atoms with Gasteiger partial charge in [0.25, 0.3) is 0 Å². The van der Waals surface area contributed by atoms with E-state index in [1.165, 1.54) is 6.20 Å². The number of benzene rings is 1. The van der Waals surface area contributed by atoms with Crippen molar-refractivity contribution < 1.29 is 14.6 Å². The van der Waals surface area contributed by atoms with Gasteiger partial charge < -0.3 is 14.7 Å². The standard InChI is InChI=1S/C16H18N2O3/c1-10-8-18(9-11(2)21-10)12-3-4-15-14(7-12)13(16(19)20)5-6-17-15/h3-7,10-11H,8-9H2,1-2H3,(H,19,20)/t10-,11-/m0/s1. The van der Waals surface area contributed by atoms with Crippen molar-refractivity contribution >= 4 is 22.6 Å². The minimum Gasteiger partial charge on any atom is -0.478 e. The van der Waals surface area contributed by atoms with Crippen LogP contribution in [-0.4, -0.2) is 41.4 Å². The molecule has 2 atom stereocenters. The molecule has 2 heterocycles. The molecule has 0 unspecified atom stereocenters. The Kier molecular flexibility index (Phi) is 3.51. The third kappa shape index (κ3) is 2.69. The van der Waals surface area contributed by atoms with Crippen molar-refractivity contribution in [2.24, 2.45) is 0 Å². The lowest BCUT2D eigenvalue weighted by atomic mass is 10.1. The van der Waals surface area contributed by atoms with Crippen molar-refractivity contribution in [2.45, 2.75) is 26.1 Å². The summed E-state index contributed by atoms with van der Waals surface area (Å²) in [5, 5.41) is 9.98. The number of fused-ring (bicyclic) bond motifs is 1.